The van der Waals surface area contributed by atoms with E-state index in [2.05, 4.69) is 45.3 Å². The van der Waals surface area contributed by atoms with Gasteiger partial charge in [0.05, 0.1) is 0 Å². The van der Waals surface area contributed by atoms with Crippen molar-refractivity contribution < 1.29 is 0 Å². The first-order chi connectivity index (χ1) is 4.84. The molecule has 0 spiro atoms. The second-order valence-corrected chi connectivity index (χ2v) is 2.54. The van der Waals surface area contributed by atoms with Crippen molar-refractivity contribution in [2.24, 2.45) is 0 Å². The van der Waals surface area contributed by atoms with Gasteiger partial charge in [-0.3, -0.25) is 0 Å². The number of hydrogen-bond donors (Lipinski definition) is 0. The lowest BCUT2D eigenvalue weighted by Crippen LogP contribution is -1.93. The zero-order valence-electron chi connectivity index (χ0n) is 6.59. The second kappa shape index (κ2) is 3.45. The van der Waals surface area contributed by atoms with Crippen molar-refractivity contribution in [1.29, 1.82) is 0 Å². The fourth-order valence-electron chi connectivity index (χ4n) is 1.06. The highest BCUT2D eigenvalue weighted by atomic mass is 13.9. The third-order valence-corrected chi connectivity index (χ3v) is 1.69. The summed E-state index contributed by atoms with van der Waals surface area (Å²) in [5.74, 6) is 0. The van der Waals surface area contributed by atoms with Gasteiger partial charge in [-0.05, 0) is 12.5 Å². The number of hydrogen-bond acceptors (Lipinski definition) is 0. The van der Waals surface area contributed by atoms with Gasteiger partial charge in [0.15, 0.2) is 0 Å². The lowest BCUT2D eigenvalue weighted by atomic mass is 9.74. The van der Waals surface area contributed by atoms with E-state index >= 15 is 0 Å². The summed E-state index contributed by atoms with van der Waals surface area (Å²) in [4.78, 5) is 0. The van der Waals surface area contributed by atoms with Crippen molar-refractivity contribution in [3.05, 3.63) is 35.4 Å². The Morgan fingerprint density at radius 3 is 2.60 bits per heavy atom. The van der Waals surface area contributed by atoms with Gasteiger partial charge in [-0.1, -0.05) is 43.0 Å². The zero-order valence-corrected chi connectivity index (χ0v) is 6.59. The maximum absolute atomic E-state index is 2.18. The van der Waals surface area contributed by atoms with Crippen LogP contribution in [-0.4, -0.2) is 7.28 Å². The molecular weight excluding hydrogens is 119 g/mol. The molecule has 0 aromatic heterocycles. The van der Waals surface area contributed by atoms with Crippen LogP contribution in [0.2, 0.25) is 6.82 Å². The Morgan fingerprint density at radius 1 is 1.30 bits per heavy atom. The maximum atomic E-state index is 2.18. The van der Waals surface area contributed by atoms with Crippen LogP contribution in [0.3, 0.4) is 0 Å². The normalized spacial score (nSPS) is 9.40. The molecule has 0 atom stereocenters. The van der Waals surface area contributed by atoms with Gasteiger partial charge in [0.25, 0.3) is 0 Å². The van der Waals surface area contributed by atoms with Crippen LogP contribution >= 0.6 is 0 Å². The molecule has 0 bridgehead atoms. The van der Waals surface area contributed by atoms with E-state index in [-0.39, 0.29) is 0 Å². The van der Waals surface area contributed by atoms with Crippen LogP contribution in [0.4, 0.5) is 0 Å². The average molecular weight is 131 g/mol. The van der Waals surface area contributed by atoms with E-state index in [4.69, 9.17) is 0 Å². The summed E-state index contributed by atoms with van der Waals surface area (Å²) in [7, 11) is 2.18. The smallest absolute Gasteiger partial charge is 0.0917 e. The van der Waals surface area contributed by atoms with E-state index in [1.165, 1.54) is 11.1 Å². The van der Waals surface area contributed by atoms with E-state index in [0.29, 0.717) is 0 Å². The van der Waals surface area contributed by atoms with Crippen LogP contribution in [0.5, 0.6) is 0 Å². The predicted molar refractivity (Wildman–Crippen MR) is 46.5 cm³/mol. The summed E-state index contributed by atoms with van der Waals surface area (Å²) in [5, 5.41) is 0. The van der Waals surface area contributed by atoms with Crippen molar-refractivity contribution >= 4 is 7.28 Å². The molecule has 1 aromatic carbocycles. The molecule has 1 aromatic rings. The van der Waals surface area contributed by atoms with Crippen molar-refractivity contribution in [2.45, 2.75) is 20.1 Å². The summed E-state index contributed by atoms with van der Waals surface area (Å²) in [6, 6.07) is 8.49. The van der Waals surface area contributed by atoms with Gasteiger partial charge < -0.3 is 0 Å². The number of benzene rings is 1. The Hall–Kier alpha value is -0.715. The van der Waals surface area contributed by atoms with E-state index in [1.54, 1.807) is 0 Å². The molecule has 1 rings (SSSR count). The fourth-order valence-corrected chi connectivity index (χ4v) is 1.06. The SMILES string of the molecule is C[B]Cc1ccccc1C. The zero-order chi connectivity index (χ0) is 7.40. The summed E-state index contributed by atoms with van der Waals surface area (Å²) >= 11 is 0. The molecule has 0 amide bonds. The minimum atomic E-state index is 1.09. The van der Waals surface area contributed by atoms with Crippen molar-refractivity contribution in [1.82, 2.24) is 0 Å². The van der Waals surface area contributed by atoms with E-state index in [1.807, 2.05) is 0 Å². The third kappa shape index (κ3) is 1.63. The van der Waals surface area contributed by atoms with Crippen LogP contribution in [0.15, 0.2) is 24.3 Å². The van der Waals surface area contributed by atoms with E-state index in [9.17, 15) is 0 Å². The first-order valence-corrected chi connectivity index (χ1v) is 3.67. The van der Waals surface area contributed by atoms with Crippen LogP contribution in [0.1, 0.15) is 11.1 Å². The summed E-state index contributed by atoms with van der Waals surface area (Å²) in [5.41, 5.74) is 2.82. The quantitative estimate of drug-likeness (QED) is 0.540. The van der Waals surface area contributed by atoms with Crippen molar-refractivity contribution in [3.8, 4) is 0 Å². The van der Waals surface area contributed by atoms with E-state index < -0.39 is 0 Å². The minimum absolute atomic E-state index is 1.09. The molecule has 1 heteroatoms. The van der Waals surface area contributed by atoms with Gasteiger partial charge in [0.1, 0.15) is 7.28 Å². The Balaban J connectivity index is 2.81. The molecule has 0 heterocycles. The first kappa shape index (κ1) is 7.39. The molecule has 0 unspecified atom stereocenters. The summed E-state index contributed by atoms with van der Waals surface area (Å²) < 4.78 is 0. The highest BCUT2D eigenvalue weighted by Crippen LogP contribution is 2.06. The summed E-state index contributed by atoms with van der Waals surface area (Å²) in [6.07, 6.45) is 1.09. The van der Waals surface area contributed by atoms with Crippen LogP contribution < -0.4 is 0 Å². The van der Waals surface area contributed by atoms with Gasteiger partial charge in [0.2, 0.25) is 0 Å². The molecule has 0 aliphatic rings. The van der Waals surface area contributed by atoms with E-state index in [0.717, 1.165) is 6.32 Å². The van der Waals surface area contributed by atoms with Crippen LogP contribution in [-0.2, 0) is 6.32 Å². The highest BCUT2D eigenvalue weighted by Gasteiger charge is 1.93. The fraction of sp³-hybridized carbons (Fsp3) is 0.333. The second-order valence-electron chi connectivity index (χ2n) is 2.54. The lowest BCUT2D eigenvalue weighted by molar-refractivity contribution is 1.29. The third-order valence-electron chi connectivity index (χ3n) is 1.69. The Bertz CT molecular complexity index is 206. The van der Waals surface area contributed by atoms with Gasteiger partial charge >= 0.3 is 0 Å². The lowest BCUT2D eigenvalue weighted by Gasteiger charge is -2.00. The molecule has 10 heavy (non-hydrogen) atoms. The maximum Gasteiger partial charge on any atom is 0.111 e. The van der Waals surface area contributed by atoms with Gasteiger partial charge in [-0.15, -0.1) is 0 Å². The standard InChI is InChI=1S/C9H12B/c1-8-5-3-4-6-9(8)7-10-2/h3-6H,7H2,1-2H3. The molecule has 0 saturated heterocycles. The molecule has 0 nitrogen and oxygen atoms in total. The minimum Gasteiger partial charge on any atom is -0.0917 e. The van der Waals surface area contributed by atoms with Gasteiger partial charge in [0, 0.05) is 0 Å². The Morgan fingerprint density at radius 2 is 2.00 bits per heavy atom. The first-order valence-electron chi connectivity index (χ1n) is 3.67. The van der Waals surface area contributed by atoms with Gasteiger partial charge in [-0.2, -0.15) is 0 Å². The average Bonchev–Trinajstić information content (AvgIpc) is 1.94. The topological polar surface area (TPSA) is 0 Å². The molecular formula is C9H12B. The summed E-state index contributed by atoms with van der Waals surface area (Å²) in [6.45, 7) is 4.24. The van der Waals surface area contributed by atoms with Crippen molar-refractivity contribution in [3.63, 3.8) is 0 Å². The number of aryl methyl sites for hydroxylation is 1. The highest BCUT2D eigenvalue weighted by molar-refractivity contribution is 6.32. The van der Waals surface area contributed by atoms with Crippen LogP contribution in [0, 0.1) is 6.92 Å². The molecule has 0 saturated carbocycles. The predicted octanol–water partition coefficient (Wildman–Crippen LogP) is 2.25. The largest absolute Gasteiger partial charge is 0.111 e. The monoisotopic (exact) mass is 131 g/mol. The Labute approximate surface area is 63.5 Å². The van der Waals surface area contributed by atoms with Gasteiger partial charge in [-0.25, -0.2) is 0 Å². The van der Waals surface area contributed by atoms with Crippen LogP contribution in [0.25, 0.3) is 0 Å². The number of rotatable bonds is 2. The molecule has 0 aliphatic carbocycles. The van der Waals surface area contributed by atoms with Crippen molar-refractivity contribution in [2.75, 3.05) is 0 Å². The molecule has 0 fully saturated rings. The molecule has 1 radical (unpaired) electrons. The Kier molecular flexibility index (Phi) is 2.55. The molecule has 0 N–H and O–H groups in total. The molecule has 51 valence electrons. The molecule has 0 aliphatic heterocycles.